The standard InChI is InChI=1S/C64H96N6O6S4/c1-43(2)34-57(65-8)62(72)69(10)59(36-45(4)19-22-48(7)78)64(74)70(11)60(37-46(5)20-31-55(79)38-49-23-27-53(28-24-49)75-41-51-16-12-14-32-66-51)63(73)68(9)58(35-44(3)18-21-47(6)77)61(71)40-56(80)39-50-25-29-54(30-26-50)76-42-52-17-13-15-33-67-52/h12-17,23-30,32-33,43-48,55-60,65,77-80H,18-22,31,34-42H2,1-11H3/t44?,45?,46?,47?,48?,55?,56?,57-,58?,59-,60-/m0/s1. The van der Waals surface area contributed by atoms with Crippen LogP contribution < -0.4 is 14.8 Å². The lowest BCUT2D eigenvalue weighted by molar-refractivity contribution is -0.153. The minimum Gasteiger partial charge on any atom is -0.487 e. The van der Waals surface area contributed by atoms with Gasteiger partial charge in [-0.1, -0.05) is 84.9 Å². The molecule has 12 nitrogen and oxygen atoms in total. The van der Waals surface area contributed by atoms with Gasteiger partial charge in [0.05, 0.1) is 23.5 Å². The Labute approximate surface area is 503 Å². The molecule has 0 bridgehead atoms. The quantitative estimate of drug-likeness (QED) is 0.0280. The van der Waals surface area contributed by atoms with Gasteiger partial charge in [-0.2, -0.15) is 50.5 Å². The van der Waals surface area contributed by atoms with Gasteiger partial charge < -0.3 is 29.5 Å². The van der Waals surface area contributed by atoms with Crippen LogP contribution in [-0.4, -0.2) is 122 Å². The van der Waals surface area contributed by atoms with Gasteiger partial charge in [-0.05, 0) is 178 Å². The minimum atomic E-state index is -0.928. The average Bonchev–Trinajstić information content (AvgIpc) is 3.43. The molecule has 80 heavy (non-hydrogen) atoms. The molecule has 0 aliphatic carbocycles. The molecule has 4 aromatic rings. The lowest BCUT2D eigenvalue weighted by Gasteiger charge is -2.40. The van der Waals surface area contributed by atoms with Gasteiger partial charge in [-0.25, -0.2) is 0 Å². The number of hydrogen-bond acceptors (Lipinski definition) is 13. The van der Waals surface area contributed by atoms with Crippen molar-refractivity contribution in [3.63, 3.8) is 0 Å². The van der Waals surface area contributed by atoms with Gasteiger partial charge in [0.2, 0.25) is 17.7 Å². The van der Waals surface area contributed by atoms with Crippen molar-refractivity contribution < 1.29 is 28.7 Å². The van der Waals surface area contributed by atoms with E-state index in [0.717, 1.165) is 79.0 Å². The second-order valence-corrected chi connectivity index (χ2v) is 26.4. The summed E-state index contributed by atoms with van der Waals surface area (Å²) in [6.07, 6.45) is 11.6. The largest absolute Gasteiger partial charge is 0.487 e. The van der Waals surface area contributed by atoms with Gasteiger partial charge in [-0.3, -0.25) is 29.1 Å². The number of benzene rings is 2. The number of aromatic nitrogens is 2. The monoisotopic (exact) mass is 1170 g/mol. The lowest BCUT2D eigenvalue weighted by atomic mass is 9.89. The van der Waals surface area contributed by atoms with E-state index in [-0.39, 0.29) is 74.6 Å². The summed E-state index contributed by atoms with van der Waals surface area (Å²) in [5.74, 6) is 1.05. The highest BCUT2D eigenvalue weighted by Gasteiger charge is 2.41. The molecule has 0 radical (unpaired) electrons. The van der Waals surface area contributed by atoms with E-state index in [4.69, 9.17) is 34.7 Å². The molecule has 2 aromatic carbocycles. The van der Waals surface area contributed by atoms with E-state index in [1.807, 2.05) is 72.8 Å². The zero-order chi connectivity index (χ0) is 58.9. The number of rotatable bonds is 37. The number of carbonyl (C=O) groups excluding carboxylic acids is 4. The lowest BCUT2D eigenvalue weighted by Crippen LogP contribution is -2.58. The molecule has 2 aromatic heterocycles. The molecule has 0 aliphatic heterocycles. The number of Topliss-reactive ketones (excluding diaryl/α,β-unsaturated/α-hetero) is 1. The van der Waals surface area contributed by atoms with E-state index in [1.54, 1.807) is 55.3 Å². The van der Waals surface area contributed by atoms with Crippen molar-refractivity contribution in [3.8, 4) is 11.5 Å². The zero-order valence-electron chi connectivity index (χ0n) is 49.7. The number of carbonyl (C=O) groups is 4. The summed E-state index contributed by atoms with van der Waals surface area (Å²) in [4.78, 5) is 73.8. The van der Waals surface area contributed by atoms with Crippen molar-refractivity contribution in [2.75, 3.05) is 28.2 Å². The minimum absolute atomic E-state index is 0.0171. The molecule has 16 heteroatoms. The fourth-order valence-electron chi connectivity index (χ4n) is 10.2. The molecule has 0 saturated heterocycles. The van der Waals surface area contributed by atoms with Crippen molar-refractivity contribution >= 4 is 74.0 Å². The molecule has 3 amide bonds. The molecular formula is C64H96N6O6S4. The van der Waals surface area contributed by atoms with E-state index in [2.05, 4.69) is 101 Å². The van der Waals surface area contributed by atoms with Crippen LogP contribution in [0.2, 0.25) is 0 Å². The maximum absolute atomic E-state index is 15.6. The molecule has 11 atom stereocenters. The second kappa shape index (κ2) is 35.7. The molecule has 8 unspecified atom stereocenters. The van der Waals surface area contributed by atoms with Crippen molar-refractivity contribution in [2.45, 2.75) is 190 Å². The zero-order valence-corrected chi connectivity index (χ0v) is 53.3. The van der Waals surface area contributed by atoms with E-state index in [1.165, 1.54) is 0 Å². The molecule has 442 valence electrons. The van der Waals surface area contributed by atoms with E-state index < -0.39 is 24.2 Å². The van der Waals surface area contributed by atoms with Crippen LogP contribution in [0.5, 0.6) is 11.5 Å². The molecule has 0 aliphatic rings. The predicted octanol–water partition coefficient (Wildman–Crippen LogP) is 12.1. The summed E-state index contributed by atoms with van der Waals surface area (Å²) in [7, 11) is 6.93. The Hall–Kier alpha value is -4.22. The van der Waals surface area contributed by atoms with Crippen LogP contribution in [-0.2, 0) is 45.2 Å². The van der Waals surface area contributed by atoms with Gasteiger partial charge in [0, 0.05) is 50.5 Å². The maximum atomic E-state index is 15.6. The summed E-state index contributed by atoms with van der Waals surface area (Å²) in [6, 6.07) is 24.4. The van der Waals surface area contributed by atoms with E-state index in [9.17, 15) is 9.59 Å². The Morgan fingerprint density at radius 2 is 0.900 bits per heavy atom. The van der Waals surface area contributed by atoms with Gasteiger partial charge in [0.25, 0.3) is 0 Å². The van der Waals surface area contributed by atoms with Crippen LogP contribution in [0.4, 0.5) is 0 Å². The summed E-state index contributed by atoms with van der Waals surface area (Å²) >= 11 is 19.3. The summed E-state index contributed by atoms with van der Waals surface area (Å²) < 4.78 is 11.9. The van der Waals surface area contributed by atoms with Crippen molar-refractivity contribution in [1.82, 2.24) is 30.0 Å². The summed E-state index contributed by atoms with van der Waals surface area (Å²) in [5, 5.41) is 3.28. The number of amides is 3. The average molecular weight is 1170 g/mol. The number of hydrogen-bond donors (Lipinski definition) is 5. The summed E-state index contributed by atoms with van der Waals surface area (Å²) in [6.45, 7) is 15.4. The topological polar surface area (TPSA) is 134 Å². The van der Waals surface area contributed by atoms with Gasteiger partial charge >= 0.3 is 0 Å². The number of ketones is 1. The highest BCUT2D eigenvalue weighted by molar-refractivity contribution is 7.81. The number of nitrogens with one attached hydrogen (secondary N) is 1. The molecule has 0 spiro atoms. The number of nitrogens with zero attached hydrogens (tertiary/aromatic N) is 5. The third-order valence-corrected chi connectivity index (χ3v) is 16.5. The Bertz CT molecular complexity index is 2420. The first-order valence-electron chi connectivity index (χ1n) is 29.0. The Kier molecular flexibility index (Phi) is 30.5. The number of thiol groups is 4. The fourth-order valence-corrected chi connectivity index (χ4v) is 11.2. The van der Waals surface area contributed by atoms with E-state index in [0.29, 0.717) is 45.3 Å². The third kappa shape index (κ3) is 24.3. The number of ether oxygens (including phenoxy) is 2. The van der Waals surface area contributed by atoms with Gasteiger partial charge in [0.1, 0.15) is 36.8 Å². The first-order valence-corrected chi connectivity index (χ1v) is 31.1. The van der Waals surface area contributed by atoms with E-state index >= 15 is 9.59 Å². The maximum Gasteiger partial charge on any atom is 0.245 e. The van der Waals surface area contributed by atoms with Crippen molar-refractivity contribution in [3.05, 3.63) is 120 Å². The molecule has 1 N–H and O–H groups in total. The van der Waals surface area contributed by atoms with Crippen LogP contribution in [0.15, 0.2) is 97.3 Å². The predicted molar refractivity (Wildman–Crippen MR) is 341 cm³/mol. The Morgan fingerprint density at radius 3 is 1.30 bits per heavy atom. The first kappa shape index (κ1) is 68.3. The second-order valence-electron chi connectivity index (χ2n) is 23.2. The SMILES string of the molecule is CN[C@@H](CC(C)C)C(=O)N(C)[C@@H](CC(C)CCC(C)S)C(=O)N(C)[C@@H](CC(C)CCC(S)Cc1ccc(OCc2ccccn2)cc1)C(=O)N(C)C(CC(C)CCC(C)S)C(=O)CC(S)Cc1ccc(OCc2ccccn2)cc1. The Balaban J connectivity index is 1.62. The molecule has 0 saturated carbocycles. The normalized spacial score (nSPS) is 15.8. The molecule has 2 heterocycles. The van der Waals surface area contributed by atoms with Crippen LogP contribution in [0.3, 0.4) is 0 Å². The Morgan fingerprint density at radius 1 is 0.500 bits per heavy atom. The number of pyridine rings is 2. The highest BCUT2D eigenvalue weighted by Crippen LogP contribution is 2.29. The van der Waals surface area contributed by atoms with Crippen LogP contribution in [0.25, 0.3) is 0 Å². The number of likely N-dealkylation sites (N-methyl/N-ethyl adjacent to an activating group) is 4. The van der Waals surface area contributed by atoms with Gasteiger partial charge in [0.15, 0.2) is 5.78 Å². The fraction of sp³-hybridized carbons (Fsp3) is 0.594. The van der Waals surface area contributed by atoms with Crippen LogP contribution in [0.1, 0.15) is 142 Å². The van der Waals surface area contributed by atoms with Gasteiger partial charge in [-0.15, -0.1) is 0 Å². The van der Waals surface area contributed by atoms with Crippen molar-refractivity contribution in [2.24, 2.45) is 23.7 Å². The molecule has 0 fully saturated rings. The highest BCUT2D eigenvalue weighted by atomic mass is 32.1. The van der Waals surface area contributed by atoms with Crippen LogP contribution >= 0.6 is 50.5 Å². The van der Waals surface area contributed by atoms with Crippen LogP contribution in [0, 0.1) is 23.7 Å². The van der Waals surface area contributed by atoms with Crippen molar-refractivity contribution in [1.29, 1.82) is 0 Å². The smallest absolute Gasteiger partial charge is 0.245 e. The summed E-state index contributed by atoms with van der Waals surface area (Å²) in [5.41, 5.74) is 3.84. The first-order chi connectivity index (χ1) is 38.0. The molecular weight excluding hydrogens is 1080 g/mol. The molecule has 4 rings (SSSR count). The third-order valence-electron chi connectivity index (χ3n) is 15.2.